The van der Waals surface area contributed by atoms with E-state index in [1.165, 1.54) is 5.94 Å². The van der Waals surface area contributed by atoms with E-state index in [4.69, 9.17) is 14.2 Å². The van der Waals surface area contributed by atoms with Crippen molar-refractivity contribution in [3.05, 3.63) is 6.26 Å². The first-order valence-corrected chi connectivity index (χ1v) is 5.53. The molecule has 0 aliphatic heterocycles. The highest BCUT2D eigenvalue weighted by molar-refractivity contribution is 6.36. The van der Waals surface area contributed by atoms with Gasteiger partial charge in [-0.2, -0.15) is 0 Å². The quantitative estimate of drug-likeness (QED) is 0.179. The molecule has 0 radical (unpaired) electrons. The molecule has 70 valence electrons. The maximum atomic E-state index is 9.67. The minimum atomic E-state index is -0.422. The fourth-order valence-corrected chi connectivity index (χ4v) is 1.90. The van der Waals surface area contributed by atoms with E-state index in [1.54, 1.807) is 14.2 Å². The third-order valence-electron chi connectivity index (χ3n) is 1.36. The maximum absolute atomic E-state index is 9.67. The third kappa shape index (κ3) is 6.12. The Balaban J connectivity index is 3.22. The van der Waals surface area contributed by atoms with Crippen molar-refractivity contribution in [3.8, 4) is 0 Å². The van der Waals surface area contributed by atoms with E-state index in [-0.39, 0.29) is 5.91 Å². The third-order valence-corrected chi connectivity index (χ3v) is 3.19. The van der Waals surface area contributed by atoms with Crippen molar-refractivity contribution >= 4 is 15.5 Å². The van der Waals surface area contributed by atoms with Crippen molar-refractivity contribution in [2.45, 2.75) is 12.0 Å². The number of hydrogen-bond donors (Lipinski definition) is 0. The zero-order valence-electron chi connectivity index (χ0n) is 7.41. The van der Waals surface area contributed by atoms with E-state index in [9.17, 15) is 4.79 Å². The van der Waals surface area contributed by atoms with Crippen LogP contribution in [0.4, 0.5) is 0 Å². The normalized spacial score (nSPS) is 10.6. The molecule has 0 saturated heterocycles. The van der Waals surface area contributed by atoms with Gasteiger partial charge in [-0.1, -0.05) is 0 Å². The lowest BCUT2D eigenvalue weighted by molar-refractivity contribution is -0.0443. The second kappa shape index (κ2) is 8.48. The molecule has 0 aromatic heterocycles. The first kappa shape index (κ1) is 11.4. The topological polar surface area (TPSA) is 44.8 Å². The number of rotatable bonds is 7. The van der Waals surface area contributed by atoms with Crippen LogP contribution in [0.15, 0.2) is 6.26 Å². The Morgan fingerprint density at radius 2 is 2.17 bits per heavy atom. The molecule has 0 aromatic carbocycles. The van der Waals surface area contributed by atoms with Crippen molar-refractivity contribution in [2.75, 3.05) is 20.8 Å². The van der Waals surface area contributed by atoms with E-state index in [2.05, 4.69) is 0 Å². The summed E-state index contributed by atoms with van der Waals surface area (Å²) in [6, 6.07) is 0.921. The lowest BCUT2D eigenvalue weighted by atomic mass is 10.8. The lowest BCUT2D eigenvalue weighted by Gasteiger charge is -2.11. The Morgan fingerprint density at radius 3 is 2.67 bits per heavy atom. The van der Waals surface area contributed by atoms with Crippen LogP contribution >= 0.6 is 0 Å². The number of ether oxygens (including phenoxy) is 3. The van der Waals surface area contributed by atoms with Gasteiger partial charge in [0.25, 0.3) is 0 Å². The molecule has 0 aromatic rings. The van der Waals surface area contributed by atoms with Gasteiger partial charge in [-0.05, 0) is 6.04 Å². The van der Waals surface area contributed by atoms with Gasteiger partial charge in [-0.3, -0.25) is 0 Å². The van der Waals surface area contributed by atoms with Gasteiger partial charge in [0.1, 0.15) is 5.91 Å². The van der Waals surface area contributed by atoms with Crippen molar-refractivity contribution in [1.82, 2.24) is 0 Å². The van der Waals surface area contributed by atoms with Crippen LogP contribution in [0, 0.1) is 0 Å². The second-order valence-electron chi connectivity index (χ2n) is 2.15. The Labute approximate surface area is 74.3 Å². The van der Waals surface area contributed by atoms with Crippen LogP contribution in [0.5, 0.6) is 0 Å². The van der Waals surface area contributed by atoms with Gasteiger partial charge >= 0.3 is 0 Å². The van der Waals surface area contributed by atoms with E-state index < -0.39 is 9.52 Å². The van der Waals surface area contributed by atoms with Crippen molar-refractivity contribution < 1.29 is 19.0 Å². The SMILES string of the molecule is COC(OC)[SiH2]CCOC=C=O. The van der Waals surface area contributed by atoms with Gasteiger partial charge in [0, 0.05) is 14.2 Å². The second-order valence-corrected chi connectivity index (χ2v) is 4.10. The number of carbonyl (C=O) groups excluding carboxylic acids is 1. The summed E-state index contributed by atoms with van der Waals surface area (Å²) in [6.45, 7) is 0.546. The molecule has 0 aliphatic rings. The molecule has 0 unspecified atom stereocenters. The van der Waals surface area contributed by atoms with E-state index in [1.807, 2.05) is 0 Å². The number of methoxy groups -OCH3 is 2. The van der Waals surface area contributed by atoms with E-state index in [0.29, 0.717) is 6.61 Å². The van der Waals surface area contributed by atoms with Gasteiger partial charge in [-0.15, -0.1) is 0 Å². The predicted octanol–water partition coefficient (Wildman–Crippen LogP) is -0.488. The summed E-state index contributed by atoms with van der Waals surface area (Å²) in [6.07, 6.45) is 1.03. The Kier molecular flexibility index (Phi) is 8.05. The summed E-state index contributed by atoms with van der Waals surface area (Å²) >= 11 is 0. The van der Waals surface area contributed by atoms with E-state index >= 15 is 0 Å². The molecule has 0 spiro atoms. The Morgan fingerprint density at radius 1 is 1.50 bits per heavy atom. The van der Waals surface area contributed by atoms with Crippen LogP contribution in [0.2, 0.25) is 6.04 Å². The summed E-state index contributed by atoms with van der Waals surface area (Å²) < 4.78 is 14.8. The van der Waals surface area contributed by atoms with Gasteiger partial charge in [-0.25, -0.2) is 4.79 Å². The number of hydrogen-bond acceptors (Lipinski definition) is 4. The van der Waals surface area contributed by atoms with Crippen molar-refractivity contribution in [2.24, 2.45) is 0 Å². The average Bonchev–Trinajstić information content (AvgIpc) is 2.11. The van der Waals surface area contributed by atoms with Crippen LogP contribution in [0.3, 0.4) is 0 Å². The molecule has 0 fully saturated rings. The molecule has 12 heavy (non-hydrogen) atoms. The van der Waals surface area contributed by atoms with Gasteiger partial charge < -0.3 is 14.2 Å². The van der Waals surface area contributed by atoms with Gasteiger partial charge in [0.05, 0.1) is 16.1 Å². The van der Waals surface area contributed by atoms with Gasteiger partial charge in [0.2, 0.25) is 0 Å². The standard InChI is InChI=1S/C7H14O4Si/c1-9-7(10-2)12-6-5-11-4-3-8/h4,7H,5-6,12H2,1-2H3. The van der Waals surface area contributed by atoms with Crippen LogP contribution < -0.4 is 0 Å². The molecule has 0 saturated carbocycles. The lowest BCUT2D eigenvalue weighted by Crippen LogP contribution is -2.21. The molecule has 0 bridgehead atoms. The maximum Gasteiger partial charge on any atom is 0.166 e. The fraction of sp³-hybridized carbons (Fsp3) is 0.714. The Hall–Kier alpha value is -0.613. The molecular weight excluding hydrogens is 176 g/mol. The average molecular weight is 190 g/mol. The summed E-state index contributed by atoms with van der Waals surface area (Å²) in [5.74, 6) is 1.49. The minimum absolute atomic E-state index is 0.0474. The molecule has 0 amide bonds. The van der Waals surface area contributed by atoms with Crippen LogP contribution in [0.25, 0.3) is 0 Å². The molecule has 0 N–H and O–H groups in total. The van der Waals surface area contributed by atoms with Crippen LogP contribution in [-0.2, 0) is 19.0 Å². The van der Waals surface area contributed by atoms with Crippen LogP contribution in [0.1, 0.15) is 0 Å². The zero-order chi connectivity index (χ0) is 9.23. The van der Waals surface area contributed by atoms with E-state index in [0.717, 1.165) is 12.3 Å². The molecule has 0 aliphatic carbocycles. The Bertz CT molecular complexity index is 140. The highest BCUT2D eigenvalue weighted by Crippen LogP contribution is 1.92. The predicted molar refractivity (Wildman–Crippen MR) is 47.4 cm³/mol. The van der Waals surface area contributed by atoms with Crippen molar-refractivity contribution in [3.63, 3.8) is 0 Å². The highest BCUT2D eigenvalue weighted by Gasteiger charge is 2.04. The summed E-state index contributed by atoms with van der Waals surface area (Å²) in [5, 5.41) is 0. The first-order valence-electron chi connectivity index (χ1n) is 3.71. The molecule has 0 rings (SSSR count). The zero-order valence-corrected chi connectivity index (χ0v) is 8.82. The molecule has 0 heterocycles. The monoisotopic (exact) mass is 190 g/mol. The summed E-state index contributed by atoms with van der Waals surface area (Å²) in [7, 11) is 2.81. The van der Waals surface area contributed by atoms with Crippen molar-refractivity contribution in [1.29, 1.82) is 0 Å². The molecular formula is C7H14O4Si. The smallest absolute Gasteiger partial charge is 0.166 e. The molecule has 5 heteroatoms. The highest BCUT2D eigenvalue weighted by atomic mass is 28.2. The first-order chi connectivity index (χ1) is 5.85. The van der Waals surface area contributed by atoms with Gasteiger partial charge in [0.15, 0.2) is 12.2 Å². The molecule has 0 atom stereocenters. The molecule has 4 nitrogen and oxygen atoms in total. The van der Waals surface area contributed by atoms with Crippen LogP contribution in [-0.4, -0.2) is 42.2 Å². The summed E-state index contributed by atoms with van der Waals surface area (Å²) in [5.41, 5.74) is 0. The minimum Gasteiger partial charge on any atom is -0.490 e. The largest absolute Gasteiger partial charge is 0.490 e. The summed E-state index contributed by atoms with van der Waals surface area (Å²) in [4.78, 5) is 9.67. The fourth-order valence-electron chi connectivity index (χ4n) is 0.758.